The van der Waals surface area contributed by atoms with Crippen LogP contribution in [0, 0.1) is 11.3 Å². The highest BCUT2D eigenvalue weighted by Gasteiger charge is 2.12. The lowest BCUT2D eigenvalue weighted by molar-refractivity contribution is -0.118. The summed E-state index contributed by atoms with van der Waals surface area (Å²) in [6.07, 6.45) is 1.14. The second-order valence-corrected chi connectivity index (χ2v) is 8.44. The highest BCUT2D eigenvalue weighted by atomic mass is 32.2. The van der Waals surface area contributed by atoms with Crippen LogP contribution in [0.3, 0.4) is 0 Å². The van der Waals surface area contributed by atoms with Crippen LogP contribution in [-0.4, -0.2) is 32.2 Å². The van der Waals surface area contributed by atoms with Gasteiger partial charge in [-0.2, -0.15) is 5.26 Å². The number of ether oxygens (including phenoxy) is 1. The van der Waals surface area contributed by atoms with Crippen LogP contribution in [0.15, 0.2) is 47.4 Å². The lowest BCUT2D eigenvalue weighted by Crippen LogP contribution is -2.19. The Morgan fingerprint density at radius 3 is 2.65 bits per heavy atom. The van der Waals surface area contributed by atoms with E-state index in [2.05, 4.69) is 10.3 Å². The van der Waals surface area contributed by atoms with Gasteiger partial charge in [0.25, 0.3) is 5.91 Å². The molecule has 0 unspecified atom stereocenters. The number of hydrogen-bond acceptors (Lipinski definition) is 7. The molecule has 3 aromatic rings. The predicted octanol–water partition coefficient (Wildman–Crippen LogP) is 2.59. The summed E-state index contributed by atoms with van der Waals surface area (Å²) < 4.78 is 29.2. The molecule has 0 aliphatic carbocycles. The summed E-state index contributed by atoms with van der Waals surface area (Å²) in [7, 11) is -3.30. The number of nitrogens with one attached hydrogen (secondary N) is 1. The van der Waals surface area contributed by atoms with Crippen molar-refractivity contribution in [2.24, 2.45) is 0 Å². The van der Waals surface area contributed by atoms with E-state index in [4.69, 9.17) is 10.00 Å². The van der Waals surface area contributed by atoms with Crippen LogP contribution in [0.1, 0.15) is 5.56 Å². The van der Waals surface area contributed by atoms with Crippen molar-refractivity contribution in [3.63, 3.8) is 0 Å². The molecule has 3 rings (SSSR count). The van der Waals surface area contributed by atoms with E-state index in [9.17, 15) is 13.2 Å². The second-order valence-electron chi connectivity index (χ2n) is 5.39. The van der Waals surface area contributed by atoms with E-state index in [-0.39, 0.29) is 11.5 Å². The first-order valence-corrected chi connectivity index (χ1v) is 10.1. The molecule has 9 heteroatoms. The number of anilines is 1. The number of sulfone groups is 1. The number of hydrogen-bond donors (Lipinski definition) is 1. The molecular formula is C17H13N3O4S2. The van der Waals surface area contributed by atoms with Crippen LogP contribution in [0.4, 0.5) is 5.13 Å². The van der Waals surface area contributed by atoms with Gasteiger partial charge >= 0.3 is 0 Å². The Labute approximate surface area is 153 Å². The Hall–Kier alpha value is -2.96. The van der Waals surface area contributed by atoms with Crippen LogP contribution >= 0.6 is 11.3 Å². The summed E-state index contributed by atoms with van der Waals surface area (Å²) in [6.45, 7) is -0.212. The summed E-state index contributed by atoms with van der Waals surface area (Å²) in [6, 6.07) is 13.0. The van der Waals surface area contributed by atoms with Gasteiger partial charge in [-0.25, -0.2) is 13.4 Å². The van der Waals surface area contributed by atoms with E-state index in [0.29, 0.717) is 26.7 Å². The van der Waals surface area contributed by atoms with Crippen molar-refractivity contribution >= 4 is 42.4 Å². The maximum atomic E-state index is 12.0. The fraction of sp³-hybridized carbons (Fsp3) is 0.118. The lowest BCUT2D eigenvalue weighted by Gasteiger charge is -2.05. The molecule has 1 amide bonds. The van der Waals surface area contributed by atoms with E-state index in [1.165, 1.54) is 23.5 Å². The van der Waals surface area contributed by atoms with E-state index in [1.54, 1.807) is 30.3 Å². The zero-order chi connectivity index (χ0) is 18.7. The van der Waals surface area contributed by atoms with Crippen molar-refractivity contribution < 1.29 is 17.9 Å². The van der Waals surface area contributed by atoms with Crippen LogP contribution < -0.4 is 10.1 Å². The Morgan fingerprint density at radius 2 is 2.00 bits per heavy atom. The summed E-state index contributed by atoms with van der Waals surface area (Å²) in [5, 5.41) is 11.7. The van der Waals surface area contributed by atoms with Gasteiger partial charge in [0.05, 0.1) is 26.7 Å². The quantitative estimate of drug-likeness (QED) is 0.721. The molecule has 2 aromatic carbocycles. The number of amides is 1. The lowest BCUT2D eigenvalue weighted by atomic mass is 10.2. The van der Waals surface area contributed by atoms with Gasteiger partial charge in [0.2, 0.25) is 0 Å². The van der Waals surface area contributed by atoms with Crippen molar-refractivity contribution in [3.8, 4) is 11.8 Å². The standard InChI is InChI=1S/C17H13N3O4S2/c1-26(22,23)13-6-7-14-15(8-13)25-17(19-14)20-16(21)10-24-12-4-2-11(9-18)3-5-12/h2-8H,10H2,1H3,(H,19,20,21). The van der Waals surface area contributed by atoms with E-state index >= 15 is 0 Å². The van der Waals surface area contributed by atoms with Crippen LogP contribution in [0.25, 0.3) is 10.2 Å². The van der Waals surface area contributed by atoms with E-state index in [0.717, 1.165) is 6.26 Å². The van der Waals surface area contributed by atoms with Gasteiger partial charge in [0.1, 0.15) is 5.75 Å². The van der Waals surface area contributed by atoms with Gasteiger partial charge < -0.3 is 4.74 Å². The minimum Gasteiger partial charge on any atom is -0.484 e. The maximum Gasteiger partial charge on any atom is 0.264 e. The van der Waals surface area contributed by atoms with Crippen molar-refractivity contribution in [2.45, 2.75) is 4.90 Å². The molecule has 0 atom stereocenters. The fourth-order valence-electron chi connectivity index (χ4n) is 2.12. The number of fused-ring (bicyclic) bond motifs is 1. The molecule has 7 nitrogen and oxygen atoms in total. The largest absolute Gasteiger partial charge is 0.484 e. The Kier molecular flexibility index (Phi) is 4.88. The Bertz CT molecular complexity index is 1110. The first kappa shape index (κ1) is 17.8. The van der Waals surface area contributed by atoms with Gasteiger partial charge in [-0.15, -0.1) is 0 Å². The van der Waals surface area contributed by atoms with Gasteiger partial charge in [0, 0.05) is 6.26 Å². The minimum absolute atomic E-state index is 0.204. The zero-order valence-corrected chi connectivity index (χ0v) is 15.2. The molecule has 1 aromatic heterocycles. The van der Waals surface area contributed by atoms with Crippen molar-refractivity contribution in [3.05, 3.63) is 48.0 Å². The smallest absolute Gasteiger partial charge is 0.264 e. The third kappa shape index (κ3) is 4.17. The predicted molar refractivity (Wildman–Crippen MR) is 98.0 cm³/mol. The first-order valence-electron chi connectivity index (χ1n) is 7.38. The summed E-state index contributed by atoms with van der Waals surface area (Å²) >= 11 is 1.18. The molecule has 0 aliphatic heterocycles. The number of aromatic nitrogens is 1. The average molecular weight is 387 g/mol. The Morgan fingerprint density at radius 1 is 1.27 bits per heavy atom. The number of rotatable bonds is 5. The van der Waals surface area contributed by atoms with Crippen molar-refractivity contribution in [2.75, 3.05) is 18.2 Å². The van der Waals surface area contributed by atoms with Crippen LogP contribution in [-0.2, 0) is 14.6 Å². The molecule has 1 N–H and O–H groups in total. The normalized spacial score (nSPS) is 11.1. The number of nitriles is 1. The summed E-state index contributed by atoms with van der Waals surface area (Å²) in [5.41, 5.74) is 1.11. The summed E-state index contributed by atoms with van der Waals surface area (Å²) in [4.78, 5) is 16.5. The highest BCUT2D eigenvalue weighted by molar-refractivity contribution is 7.90. The SMILES string of the molecule is CS(=O)(=O)c1ccc2nc(NC(=O)COc3ccc(C#N)cc3)sc2c1. The van der Waals surface area contributed by atoms with Crippen LogP contribution in [0.2, 0.25) is 0 Å². The van der Waals surface area contributed by atoms with Gasteiger partial charge in [-0.3, -0.25) is 10.1 Å². The minimum atomic E-state index is -3.30. The molecule has 26 heavy (non-hydrogen) atoms. The monoisotopic (exact) mass is 387 g/mol. The van der Waals surface area contributed by atoms with Crippen LogP contribution in [0.5, 0.6) is 5.75 Å². The Balaban J connectivity index is 1.66. The second kappa shape index (κ2) is 7.11. The van der Waals surface area contributed by atoms with Gasteiger partial charge in [0.15, 0.2) is 21.6 Å². The number of carbonyl (C=O) groups is 1. The van der Waals surface area contributed by atoms with E-state index < -0.39 is 15.7 Å². The molecule has 0 saturated carbocycles. The molecule has 0 saturated heterocycles. The molecule has 0 spiro atoms. The summed E-state index contributed by atoms with van der Waals surface area (Å²) in [5.74, 6) is 0.0815. The fourth-order valence-corrected chi connectivity index (χ4v) is 3.76. The zero-order valence-electron chi connectivity index (χ0n) is 13.6. The van der Waals surface area contributed by atoms with E-state index in [1.807, 2.05) is 6.07 Å². The molecule has 0 radical (unpaired) electrons. The number of thiazole rings is 1. The molecule has 0 aliphatic rings. The molecule has 0 fully saturated rings. The topological polar surface area (TPSA) is 109 Å². The molecule has 0 bridgehead atoms. The number of benzene rings is 2. The average Bonchev–Trinajstić information content (AvgIpc) is 3.01. The molecule has 132 valence electrons. The van der Waals surface area contributed by atoms with Gasteiger partial charge in [-0.1, -0.05) is 11.3 Å². The first-order chi connectivity index (χ1) is 12.3. The highest BCUT2D eigenvalue weighted by Crippen LogP contribution is 2.28. The molecular weight excluding hydrogens is 374 g/mol. The molecule has 1 heterocycles. The maximum absolute atomic E-state index is 12.0. The van der Waals surface area contributed by atoms with Crippen molar-refractivity contribution in [1.29, 1.82) is 5.26 Å². The number of nitrogens with zero attached hydrogens (tertiary/aromatic N) is 2. The third-order valence-corrected chi connectivity index (χ3v) is 5.43. The van der Waals surface area contributed by atoms with Gasteiger partial charge in [-0.05, 0) is 42.5 Å². The number of carbonyl (C=O) groups excluding carboxylic acids is 1. The van der Waals surface area contributed by atoms with Crippen molar-refractivity contribution in [1.82, 2.24) is 4.98 Å². The third-order valence-electron chi connectivity index (χ3n) is 3.39.